The standard InChI is InChI=1S/C24H48N6O9/c25-7-1-11-35-16-17-21(36-12-2-8-26)22(37-13-3-9-27)23(38-14-4-10-28)24(39-17)30-19(32)6-5-18(31)29-15-20(33)34/h17,21-24H,1-16,25-28H2,(H,29,31)(H,30,32)(H,33,34)/t17-,21-,22+,23-,24?/m1/s1. The van der Waals surface area contributed by atoms with Crippen LogP contribution >= 0.6 is 0 Å². The van der Waals surface area contributed by atoms with E-state index in [0.29, 0.717) is 78.3 Å². The van der Waals surface area contributed by atoms with Crippen molar-refractivity contribution >= 4 is 17.8 Å². The molecule has 1 fully saturated rings. The topological polar surface area (TPSA) is 246 Å². The quantitative estimate of drug-likeness (QED) is 0.0629. The molecule has 0 aromatic rings. The third-order valence-electron chi connectivity index (χ3n) is 5.70. The highest BCUT2D eigenvalue weighted by molar-refractivity contribution is 5.85. The summed E-state index contributed by atoms with van der Waals surface area (Å²) in [7, 11) is 0. The molecule has 1 unspecified atom stereocenters. The predicted octanol–water partition coefficient (Wildman–Crippen LogP) is -2.62. The van der Waals surface area contributed by atoms with E-state index in [0.717, 1.165) is 0 Å². The molecule has 0 saturated carbocycles. The van der Waals surface area contributed by atoms with Gasteiger partial charge in [0.2, 0.25) is 11.8 Å². The Kier molecular flexibility index (Phi) is 19.6. The molecule has 0 spiro atoms. The Labute approximate surface area is 229 Å². The van der Waals surface area contributed by atoms with Crippen molar-refractivity contribution in [2.75, 3.05) is 65.8 Å². The summed E-state index contributed by atoms with van der Waals surface area (Å²) in [5, 5.41) is 13.7. The monoisotopic (exact) mass is 564 g/mol. The first-order valence-corrected chi connectivity index (χ1v) is 13.5. The molecule has 15 nitrogen and oxygen atoms in total. The number of carbonyl (C=O) groups is 3. The molecule has 0 radical (unpaired) electrons. The van der Waals surface area contributed by atoms with Gasteiger partial charge in [-0.15, -0.1) is 0 Å². The van der Waals surface area contributed by atoms with Crippen molar-refractivity contribution in [1.82, 2.24) is 10.6 Å². The van der Waals surface area contributed by atoms with Gasteiger partial charge >= 0.3 is 5.97 Å². The molecule has 228 valence electrons. The summed E-state index contributed by atoms with van der Waals surface area (Å²) in [6.07, 6.45) is -1.50. The van der Waals surface area contributed by atoms with Crippen LogP contribution in [0.5, 0.6) is 0 Å². The molecule has 11 N–H and O–H groups in total. The summed E-state index contributed by atoms with van der Waals surface area (Å²) in [6, 6.07) is 0. The Bertz CT molecular complexity index is 690. The molecule has 1 aliphatic heterocycles. The number of hydrogen-bond acceptors (Lipinski definition) is 12. The number of hydrogen-bond donors (Lipinski definition) is 7. The average molecular weight is 565 g/mol. The summed E-state index contributed by atoms with van der Waals surface area (Å²) < 4.78 is 30.5. The highest BCUT2D eigenvalue weighted by Gasteiger charge is 2.48. The summed E-state index contributed by atoms with van der Waals surface area (Å²) in [4.78, 5) is 35.3. The van der Waals surface area contributed by atoms with Gasteiger partial charge in [-0.1, -0.05) is 0 Å². The lowest BCUT2D eigenvalue weighted by atomic mass is 9.97. The second kappa shape index (κ2) is 21.8. The fourth-order valence-corrected chi connectivity index (χ4v) is 3.75. The van der Waals surface area contributed by atoms with Crippen molar-refractivity contribution in [3.05, 3.63) is 0 Å². The van der Waals surface area contributed by atoms with E-state index in [1.807, 2.05) is 0 Å². The number of nitrogens with two attached hydrogens (primary N) is 4. The molecule has 5 atom stereocenters. The number of carboxylic acid groups (broad SMARTS) is 1. The van der Waals surface area contributed by atoms with Gasteiger partial charge in [-0.25, -0.2) is 0 Å². The number of carboxylic acids is 1. The zero-order valence-corrected chi connectivity index (χ0v) is 22.7. The molecule has 0 aliphatic carbocycles. The smallest absolute Gasteiger partial charge is 0.322 e. The summed E-state index contributed by atoms with van der Waals surface area (Å²) in [6.45, 7) is 2.78. The zero-order valence-electron chi connectivity index (χ0n) is 22.7. The number of carbonyl (C=O) groups excluding carboxylic acids is 2. The van der Waals surface area contributed by atoms with Crippen molar-refractivity contribution in [1.29, 1.82) is 0 Å². The van der Waals surface area contributed by atoms with E-state index in [2.05, 4.69) is 10.6 Å². The van der Waals surface area contributed by atoms with Crippen molar-refractivity contribution in [2.24, 2.45) is 22.9 Å². The van der Waals surface area contributed by atoms with Crippen LogP contribution in [-0.4, -0.2) is 119 Å². The van der Waals surface area contributed by atoms with Crippen LogP contribution in [0.3, 0.4) is 0 Å². The molecule has 0 aromatic carbocycles. The lowest BCUT2D eigenvalue weighted by Gasteiger charge is -2.46. The van der Waals surface area contributed by atoms with Crippen LogP contribution in [0, 0.1) is 0 Å². The molecule has 1 saturated heterocycles. The number of nitrogens with one attached hydrogen (secondary N) is 2. The third kappa shape index (κ3) is 14.9. The Morgan fingerprint density at radius 1 is 0.718 bits per heavy atom. The van der Waals surface area contributed by atoms with E-state index in [1.165, 1.54) is 0 Å². The fraction of sp³-hybridized carbons (Fsp3) is 0.875. The lowest BCUT2D eigenvalue weighted by molar-refractivity contribution is -0.270. The minimum absolute atomic E-state index is 0.156. The van der Waals surface area contributed by atoms with E-state index >= 15 is 0 Å². The van der Waals surface area contributed by atoms with Crippen LogP contribution in [0.15, 0.2) is 0 Å². The predicted molar refractivity (Wildman–Crippen MR) is 141 cm³/mol. The largest absolute Gasteiger partial charge is 0.480 e. The van der Waals surface area contributed by atoms with E-state index in [-0.39, 0.29) is 19.4 Å². The van der Waals surface area contributed by atoms with E-state index in [1.54, 1.807) is 0 Å². The number of aliphatic carboxylic acids is 1. The molecule has 1 aliphatic rings. The maximum absolute atomic E-state index is 12.8. The summed E-state index contributed by atoms with van der Waals surface area (Å²) in [5.41, 5.74) is 22.6. The van der Waals surface area contributed by atoms with Crippen molar-refractivity contribution in [3.63, 3.8) is 0 Å². The Balaban J connectivity index is 3.09. The van der Waals surface area contributed by atoms with Gasteiger partial charge in [-0.3, -0.25) is 14.4 Å². The fourth-order valence-electron chi connectivity index (χ4n) is 3.75. The van der Waals surface area contributed by atoms with Crippen LogP contribution in [-0.2, 0) is 38.1 Å². The van der Waals surface area contributed by atoms with E-state index < -0.39 is 55.0 Å². The van der Waals surface area contributed by atoms with E-state index in [4.69, 9.17) is 51.7 Å². The highest BCUT2D eigenvalue weighted by atomic mass is 16.6. The van der Waals surface area contributed by atoms with Crippen LogP contribution in [0.4, 0.5) is 0 Å². The summed E-state index contributed by atoms with van der Waals surface area (Å²) in [5.74, 6) is -2.22. The first-order chi connectivity index (χ1) is 18.9. The third-order valence-corrected chi connectivity index (χ3v) is 5.70. The molecule has 1 heterocycles. The van der Waals surface area contributed by atoms with Crippen LogP contribution in [0.2, 0.25) is 0 Å². The van der Waals surface area contributed by atoms with Crippen LogP contribution in [0.1, 0.15) is 38.5 Å². The second-order valence-corrected chi connectivity index (χ2v) is 8.98. The molecular formula is C24H48N6O9. The second-order valence-electron chi connectivity index (χ2n) is 8.98. The molecule has 0 bridgehead atoms. The van der Waals surface area contributed by atoms with Gasteiger partial charge < -0.3 is 62.4 Å². The van der Waals surface area contributed by atoms with Gasteiger partial charge in [0.25, 0.3) is 0 Å². The van der Waals surface area contributed by atoms with Gasteiger partial charge in [-0.05, 0) is 51.9 Å². The van der Waals surface area contributed by atoms with Crippen molar-refractivity contribution < 1.29 is 43.2 Å². The van der Waals surface area contributed by atoms with Gasteiger partial charge in [0, 0.05) is 39.3 Å². The van der Waals surface area contributed by atoms with Crippen molar-refractivity contribution in [3.8, 4) is 0 Å². The number of amides is 2. The van der Waals surface area contributed by atoms with Crippen LogP contribution in [0.25, 0.3) is 0 Å². The maximum atomic E-state index is 12.8. The molecule has 0 aromatic heterocycles. The first kappa shape index (κ1) is 35.1. The minimum Gasteiger partial charge on any atom is -0.480 e. The number of rotatable bonds is 23. The molecule has 1 rings (SSSR count). The lowest BCUT2D eigenvalue weighted by Crippen LogP contribution is -2.65. The molecule has 2 amide bonds. The first-order valence-electron chi connectivity index (χ1n) is 13.5. The molecular weight excluding hydrogens is 516 g/mol. The molecule has 15 heteroatoms. The Morgan fingerprint density at radius 3 is 1.79 bits per heavy atom. The minimum atomic E-state index is -1.18. The number of ether oxygens (including phenoxy) is 5. The summed E-state index contributed by atoms with van der Waals surface area (Å²) >= 11 is 0. The van der Waals surface area contributed by atoms with E-state index in [9.17, 15) is 14.4 Å². The Hall–Kier alpha value is -1.95. The molecule has 39 heavy (non-hydrogen) atoms. The Morgan fingerprint density at radius 2 is 1.23 bits per heavy atom. The average Bonchev–Trinajstić information content (AvgIpc) is 2.91. The van der Waals surface area contributed by atoms with Gasteiger partial charge in [-0.2, -0.15) is 0 Å². The van der Waals surface area contributed by atoms with Gasteiger partial charge in [0.15, 0.2) is 6.23 Å². The maximum Gasteiger partial charge on any atom is 0.322 e. The zero-order chi connectivity index (χ0) is 28.9. The van der Waals surface area contributed by atoms with Crippen molar-refractivity contribution in [2.45, 2.75) is 69.2 Å². The van der Waals surface area contributed by atoms with Gasteiger partial charge in [0.1, 0.15) is 31.0 Å². The highest BCUT2D eigenvalue weighted by Crippen LogP contribution is 2.28. The normalized spacial score (nSPS) is 22.9. The van der Waals surface area contributed by atoms with Crippen LogP contribution < -0.4 is 33.6 Å². The van der Waals surface area contributed by atoms with Gasteiger partial charge in [0.05, 0.1) is 6.61 Å². The SMILES string of the molecule is NCCCOC[C@H]1OC(NC(=O)CCC(=O)NCC(=O)O)[C@H](OCCCN)[C@@H](OCCCN)[C@@H]1OCCCN.